The van der Waals surface area contributed by atoms with Crippen molar-refractivity contribution in [3.63, 3.8) is 0 Å². The van der Waals surface area contributed by atoms with Gasteiger partial charge in [0, 0.05) is 23.1 Å². The predicted molar refractivity (Wildman–Crippen MR) is 145 cm³/mol. The number of hydrogen-bond donors (Lipinski definition) is 2. The normalized spacial score (nSPS) is 22.2. The van der Waals surface area contributed by atoms with Gasteiger partial charge in [-0.1, -0.05) is 65.4 Å². The Morgan fingerprint density at radius 1 is 0.974 bits per heavy atom. The minimum atomic E-state index is -4.76. The maximum absolute atomic E-state index is 14.8. The molecule has 2 amide bonds. The second kappa shape index (κ2) is 10.8. The Morgan fingerprint density at radius 2 is 1.74 bits per heavy atom. The van der Waals surface area contributed by atoms with E-state index in [0.29, 0.717) is 28.0 Å². The summed E-state index contributed by atoms with van der Waals surface area (Å²) < 4.78 is 56.9. The van der Waals surface area contributed by atoms with Gasteiger partial charge >= 0.3 is 12.2 Å². The van der Waals surface area contributed by atoms with Crippen molar-refractivity contribution < 1.29 is 22.4 Å². The molecular formula is C29H28F4IN3O. The van der Waals surface area contributed by atoms with E-state index >= 15 is 0 Å². The van der Waals surface area contributed by atoms with E-state index in [2.05, 4.69) is 38.2 Å². The number of carbonyl (C=O) groups excluding carboxylic acids is 1. The highest BCUT2D eigenvalue weighted by Crippen LogP contribution is 2.44. The lowest BCUT2D eigenvalue weighted by Crippen LogP contribution is -2.55. The highest BCUT2D eigenvalue weighted by atomic mass is 127. The van der Waals surface area contributed by atoms with Gasteiger partial charge in [-0.2, -0.15) is 13.2 Å². The summed E-state index contributed by atoms with van der Waals surface area (Å²) in [5.74, 6) is -0.0350. The first-order valence-corrected chi connectivity index (χ1v) is 14.2. The van der Waals surface area contributed by atoms with Crippen LogP contribution in [-0.2, 0) is 22.6 Å². The van der Waals surface area contributed by atoms with Crippen molar-refractivity contribution in [2.24, 2.45) is 11.8 Å². The number of carbonyl (C=O) groups is 1. The molecule has 2 aliphatic rings. The molecule has 38 heavy (non-hydrogen) atoms. The highest BCUT2D eigenvalue weighted by molar-refractivity contribution is 14.1. The molecule has 1 heterocycles. The molecule has 3 aromatic rings. The van der Waals surface area contributed by atoms with E-state index in [4.69, 9.17) is 0 Å². The van der Waals surface area contributed by atoms with Gasteiger partial charge in [0.15, 0.2) is 0 Å². The SMILES string of the molecule is O=C(N[C@@H]1C[C@@H]2CC[C@H]1C2)N[C@@](Cc1ccccc1)(c1cc(F)cc(C(F)(F)F)c1)c1ccc(CI)cn1. The van der Waals surface area contributed by atoms with Crippen LogP contribution in [-0.4, -0.2) is 17.1 Å². The van der Waals surface area contributed by atoms with Crippen molar-refractivity contribution in [1.82, 2.24) is 15.6 Å². The van der Waals surface area contributed by atoms with Crippen molar-refractivity contribution in [2.45, 2.75) is 54.3 Å². The van der Waals surface area contributed by atoms with Crippen LogP contribution < -0.4 is 10.6 Å². The summed E-state index contributed by atoms with van der Waals surface area (Å²) in [6, 6.07) is 14.6. The fraction of sp³-hybridized carbons (Fsp3) is 0.379. The van der Waals surface area contributed by atoms with Gasteiger partial charge in [-0.15, -0.1) is 0 Å². The number of urea groups is 1. The number of pyridine rings is 1. The Balaban J connectivity index is 1.63. The van der Waals surface area contributed by atoms with Gasteiger partial charge in [-0.05, 0) is 72.1 Å². The topological polar surface area (TPSA) is 54.0 Å². The second-order valence-electron chi connectivity index (χ2n) is 10.4. The zero-order valence-corrected chi connectivity index (χ0v) is 22.7. The monoisotopic (exact) mass is 637 g/mol. The molecule has 1 aromatic heterocycles. The molecule has 4 nitrogen and oxygen atoms in total. The molecule has 0 radical (unpaired) electrons. The van der Waals surface area contributed by atoms with Gasteiger partial charge in [0.05, 0.1) is 11.3 Å². The Labute approximate surface area is 232 Å². The van der Waals surface area contributed by atoms with E-state index in [0.717, 1.165) is 42.5 Å². The van der Waals surface area contributed by atoms with Crippen LogP contribution in [0.1, 0.15) is 53.6 Å². The molecule has 9 heteroatoms. The summed E-state index contributed by atoms with van der Waals surface area (Å²) in [6.45, 7) is 0. The van der Waals surface area contributed by atoms with Crippen LogP contribution in [0.4, 0.5) is 22.4 Å². The Hall–Kier alpha value is -2.69. The molecular weight excluding hydrogens is 609 g/mol. The van der Waals surface area contributed by atoms with Gasteiger partial charge in [-0.3, -0.25) is 4.98 Å². The van der Waals surface area contributed by atoms with Crippen LogP contribution in [0.3, 0.4) is 0 Å². The molecule has 2 aromatic carbocycles. The lowest BCUT2D eigenvalue weighted by Gasteiger charge is -2.37. The minimum absolute atomic E-state index is 0.00998. The van der Waals surface area contributed by atoms with Gasteiger partial charge in [-0.25, -0.2) is 9.18 Å². The molecule has 4 atom stereocenters. The largest absolute Gasteiger partial charge is 0.416 e. The fourth-order valence-electron chi connectivity index (χ4n) is 6.00. The zero-order chi connectivity index (χ0) is 26.9. The molecule has 0 aliphatic heterocycles. The summed E-state index contributed by atoms with van der Waals surface area (Å²) in [5, 5.41) is 6.07. The number of amides is 2. The van der Waals surface area contributed by atoms with Gasteiger partial charge in [0.1, 0.15) is 11.4 Å². The summed E-state index contributed by atoms with van der Waals surface area (Å²) in [4.78, 5) is 18.1. The van der Waals surface area contributed by atoms with Crippen molar-refractivity contribution in [3.05, 3.63) is 101 Å². The quantitative estimate of drug-likeness (QED) is 0.164. The Bertz CT molecular complexity index is 1290. The van der Waals surface area contributed by atoms with Crippen LogP contribution in [0.5, 0.6) is 0 Å². The summed E-state index contributed by atoms with van der Waals surface area (Å²) in [7, 11) is 0. The van der Waals surface area contributed by atoms with E-state index in [1.807, 2.05) is 36.4 Å². The first-order valence-electron chi connectivity index (χ1n) is 12.7. The average Bonchev–Trinajstić information content (AvgIpc) is 3.51. The lowest BCUT2D eigenvalue weighted by atomic mass is 9.79. The Kier molecular flexibility index (Phi) is 7.66. The van der Waals surface area contributed by atoms with Crippen molar-refractivity contribution in [2.75, 3.05) is 0 Å². The van der Waals surface area contributed by atoms with E-state index in [-0.39, 0.29) is 18.0 Å². The summed E-state index contributed by atoms with van der Waals surface area (Å²) in [6.07, 6.45) is 1.15. The van der Waals surface area contributed by atoms with Crippen LogP contribution in [0.25, 0.3) is 0 Å². The molecule has 2 fully saturated rings. The van der Waals surface area contributed by atoms with E-state index in [1.54, 1.807) is 12.3 Å². The van der Waals surface area contributed by atoms with E-state index < -0.39 is 29.1 Å². The van der Waals surface area contributed by atoms with Crippen LogP contribution in [0.15, 0.2) is 66.9 Å². The van der Waals surface area contributed by atoms with Gasteiger partial charge in [0.25, 0.3) is 0 Å². The van der Waals surface area contributed by atoms with Crippen LogP contribution in [0, 0.1) is 17.7 Å². The summed E-state index contributed by atoms with van der Waals surface area (Å²) in [5.41, 5.74) is -0.697. The third-order valence-corrected chi connectivity index (χ3v) is 8.71. The van der Waals surface area contributed by atoms with Crippen LogP contribution in [0.2, 0.25) is 0 Å². The number of nitrogens with zero attached hydrogens (tertiary/aromatic N) is 1. The fourth-order valence-corrected chi connectivity index (χ4v) is 6.45. The minimum Gasteiger partial charge on any atom is -0.335 e. The number of alkyl halides is 4. The average molecular weight is 637 g/mol. The highest BCUT2D eigenvalue weighted by Gasteiger charge is 2.43. The number of halogens is 5. The maximum Gasteiger partial charge on any atom is 0.416 e. The molecule has 5 rings (SSSR count). The van der Waals surface area contributed by atoms with E-state index in [1.165, 1.54) is 6.42 Å². The molecule has 0 unspecified atom stereocenters. The number of rotatable bonds is 7. The third-order valence-electron chi connectivity index (χ3n) is 7.83. The summed E-state index contributed by atoms with van der Waals surface area (Å²) >= 11 is 2.20. The zero-order valence-electron chi connectivity index (χ0n) is 20.6. The number of aromatic nitrogens is 1. The number of fused-ring (bicyclic) bond motifs is 2. The molecule has 2 bridgehead atoms. The smallest absolute Gasteiger partial charge is 0.335 e. The second-order valence-corrected chi connectivity index (χ2v) is 11.1. The third kappa shape index (κ3) is 5.67. The number of nitrogens with one attached hydrogen (secondary N) is 2. The Morgan fingerprint density at radius 3 is 2.34 bits per heavy atom. The first kappa shape index (κ1) is 26.9. The molecule has 2 saturated carbocycles. The van der Waals surface area contributed by atoms with Gasteiger partial charge < -0.3 is 10.6 Å². The van der Waals surface area contributed by atoms with E-state index in [9.17, 15) is 22.4 Å². The maximum atomic E-state index is 14.8. The van der Waals surface area contributed by atoms with Crippen molar-refractivity contribution >= 4 is 28.6 Å². The molecule has 2 aliphatic carbocycles. The number of hydrogen-bond acceptors (Lipinski definition) is 2. The molecule has 0 saturated heterocycles. The first-order chi connectivity index (χ1) is 18.2. The molecule has 200 valence electrons. The standard InChI is InChI=1S/C29H28F4IN3O/c30-24-13-22(12-23(14-24)29(31,32)33)28(15-18-4-2-1-3-5-18,26-9-7-20(16-34)17-35-26)37-27(38)36-25-11-19-6-8-21(25)10-19/h1-5,7,9,12-14,17,19,21,25H,6,8,10-11,15-16H2,(H2,36,37,38)/t19-,21+,25-,28+/m1/s1. The van der Waals surface area contributed by atoms with Gasteiger partial charge in [0.2, 0.25) is 0 Å². The lowest BCUT2D eigenvalue weighted by molar-refractivity contribution is -0.137. The molecule has 0 spiro atoms. The predicted octanol–water partition coefficient (Wildman–Crippen LogP) is 7.15. The molecule has 2 N–H and O–H groups in total. The van der Waals surface area contributed by atoms with Crippen LogP contribution >= 0.6 is 22.6 Å². The number of benzene rings is 2. The van der Waals surface area contributed by atoms with Crippen molar-refractivity contribution in [1.29, 1.82) is 0 Å². The van der Waals surface area contributed by atoms with Crippen molar-refractivity contribution in [3.8, 4) is 0 Å².